The first-order valence-corrected chi connectivity index (χ1v) is 7.59. The van der Waals surface area contributed by atoms with E-state index in [0.29, 0.717) is 12.4 Å². The van der Waals surface area contributed by atoms with Crippen molar-refractivity contribution in [1.82, 2.24) is 30.5 Å². The fraction of sp³-hybridized carbons (Fsp3) is 0.214. The molecule has 0 aliphatic rings. The normalized spacial score (nSPS) is 12.0. The summed E-state index contributed by atoms with van der Waals surface area (Å²) in [7, 11) is 0. The number of amides is 1. The lowest BCUT2D eigenvalue weighted by Gasteiger charge is -2.17. The van der Waals surface area contributed by atoms with E-state index < -0.39 is 6.04 Å². The summed E-state index contributed by atoms with van der Waals surface area (Å²) in [6, 6.07) is 8.84. The van der Waals surface area contributed by atoms with E-state index in [9.17, 15) is 4.79 Å². The van der Waals surface area contributed by atoms with Gasteiger partial charge >= 0.3 is 0 Å². The fourth-order valence-corrected chi connectivity index (χ4v) is 2.67. The van der Waals surface area contributed by atoms with E-state index in [2.05, 4.69) is 25.8 Å². The smallest absolute Gasteiger partial charge is 0.249 e. The number of carbonyl (C=O) groups excluding carboxylic acids is 1. The number of tetrazole rings is 1. The maximum absolute atomic E-state index is 12.6. The Labute approximate surface area is 131 Å². The molecular formula is C14H14N6OS. The second-order valence-corrected chi connectivity index (χ2v) is 5.61. The molecule has 3 rings (SSSR count). The number of benzene rings is 1. The third kappa shape index (κ3) is 3.01. The van der Waals surface area contributed by atoms with E-state index in [4.69, 9.17) is 0 Å². The summed E-state index contributed by atoms with van der Waals surface area (Å²) in [4.78, 5) is 16.8. The molecule has 1 aromatic carbocycles. The number of nitrogens with one attached hydrogen (secondary N) is 1. The zero-order valence-corrected chi connectivity index (χ0v) is 12.7. The monoisotopic (exact) mass is 314 g/mol. The molecule has 2 aromatic heterocycles. The van der Waals surface area contributed by atoms with Crippen LogP contribution >= 0.6 is 11.3 Å². The van der Waals surface area contributed by atoms with Crippen LogP contribution in [0.3, 0.4) is 0 Å². The van der Waals surface area contributed by atoms with Crippen LogP contribution in [-0.2, 0) is 11.3 Å². The van der Waals surface area contributed by atoms with Gasteiger partial charge < -0.3 is 5.32 Å². The molecular weight excluding hydrogens is 300 g/mol. The first-order valence-electron chi connectivity index (χ1n) is 6.71. The molecule has 0 aliphatic heterocycles. The van der Waals surface area contributed by atoms with Crippen LogP contribution < -0.4 is 5.32 Å². The van der Waals surface area contributed by atoms with Crippen LogP contribution in [0.5, 0.6) is 0 Å². The zero-order chi connectivity index (χ0) is 15.4. The van der Waals surface area contributed by atoms with Crippen molar-refractivity contribution >= 4 is 17.2 Å². The molecule has 8 heteroatoms. The second-order valence-electron chi connectivity index (χ2n) is 4.63. The lowest BCUT2D eigenvalue weighted by molar-refractivity contribution is -0.123. The minimum Gasteiger partial charge on any atom is -0.347 e. The number of nitrogens with zero attached hydrogens (tertiary/aromatic N) is 5. The molecule has 22 heavy (non-hydrogen) atoms. The summed E-state index contributed by atoms with van der Waals surface area (Å²) in [6.45, 7) is 2.16. The number of carbonyl (C=O) groups is 1. The van der Waals surface area contributed by atoms with Crippen molar-refractivity contribution in [1.29, 1.82) is 0 Å². The van der Waals surface area contributed by atoms with Crippen LogP contribution in [0, 0.1) is 6.92 Å². The minimum absolute atomic E-state index is 0.170. The molecule has 0 radical (unpaired) electrons. The van der Waals surface area contributed by atoms with Gasteiger partial charge in [0.25, 0.3) is 0 Å². The van der Waals surface area contributed by atoms with Crippen molar-refractivity contribution in [3.8, 4) is 0 Å². The number of thiazole rings is 1. The van der Waals surface area contributed by atoms with Crippen LogP contribution in [0.15, 0.2) is 41.9 Å². The average molecular weight is 314 g/mol. The molecule has 1 N–H and O–H groups in total. The third-order valence-electron chi connectivity index (χ3n) is 3.16. The maximum atomic E-state index is 12.6. The van der Waals surface area contributed by atoms with Gasteiger partial charge in [-0.05, 0) is 22.9 Å². The zero-order valence-electron chi connectivity index (χ0n) is 11.9. The average Bonchev–Trinajstić information content (AvgIpc) is 3.19. The second kappa shape index (κ2) is 6.44. The summed E-state index contributed by atoms with van der Waals surface area (Å²) in [5.41, 5.74) is 0.828. The van der Waals surface area contributed by atoms with Crippen LogP contribution in [-0.4, -0.2) is 31.1 Å². The predicted octanol–water partition coefficient (Wildman–Crippen LogP) is 1.34. The summed E-state index contributed by atoms with van der Waals surface area (Å²) in [5, 5.41) is 17.1. The topological polar surface area (TPSA) is 85.6 Å². The van der Waals surface area contributed by atoms with Gasteiger partial charge in [-0.2, -0.15) is 0 Å². The highest BCUT2D eigenvalue weighted by atomic mass is 32.1. The molecule has 0 unspecified atom stereocenters. The largest absolute Gasteiger partial charge is 0.347 e. The van der Waals surface area contributed by atoms with Crippen LogP contribution in [0.4, 0.5) is 0 Å². The number of hydrogen-bond acceptors (Lipinski definition) is 6. The summed E-state index contributed by atoms with van der Waals surface area (Å²) < 4.78 is 1.52. The predicted molar refractivity (Wildman–Crippen MR) is 81.1 cm³/mol. The number of rotatable bonds is 5. The van der Waals surface area contributed by atoms with Gasteiger partial charge in [0.1, 0.15) is 10.8 Å². The van der Waals surface area contributed by atoms with Crippen molar-refractivity contribution in [2.75, 3.05) is 0 Å². The standard InChI is InChI=1S/C14H14N6OS/c1-10-17-18-19-20(10)13(11-5-3-2-4-6-11)14(21)16-9-12-15-7-8-22-12/h2-8,13H,9H2,1H3,(H,16,21)/t13-/m1/s1. The first-order chi connectivity index (χ1) is 10.8. The minimum atomic E-state index is -0.601. The van der Waals surface area contributed by atoms with Crippen molar-refractivity contribution in [2.24, 2.45) is 0 Å². The van der Waals surface area contributed by atoms with E-state index in [-0.39, 0.29) is 5.91 Å². The maximum Gasteiger partial charge on any atom is 0.249 e. The van der Waals surface area contributed by atoms with E-state index in [1.165, 1.54) is 16.0 Å². The molecule has 2 heterocycles. The molecule has 0 bridgehead atoms. The summed E-state index contributed by atoms with van der Waals surface area (Å²) >= 11 is 1.50. The molecule has 112 valence electrons. The van der Waals surface area contributed by atoms with E-state index >= 15 is 0 Å². The van der Waals surface area contributed by atoms with Gasteiger partial charge in [-0.15, -0.1) is 16.4 Å². The van der Waals surface area contributed by atoms with E-state index in [0.717, 1.165) is 10.6 Å². The Morgan fingerprint density at radius 3 is 2.82 bits per heavy atom. The number of aryl methyl sites for hydroxylation is 1. The first kappa shape index (κ1) is 14.3. The Kier molecular flexibility index (Phi) is 4.19. The van der Waals surface area contributed by atoms with Crippen molar-refractivity contribution in [3.63, 3.8) is 0 Å². The number of hydrogen-bond donors (Lipinski definition) is 1. The van der Waals surface area contributed by atoms with Gasteiger partial charge in [-0.1, -0.05) is 30.3 Å². The van der Waals surface area contributed by atoms with Gasteiger partial charge in [0.15, 0.2) is 6.04 Å². The fourth-order valence-electron chi connectivity index (χ4n) is 2.12. The third-order valence-corrected chi connectivity index (χ3v) is 3.94. The summed E-state index contributed by atoms with van der Waals surface area (Å²) in [6.07, 6.45) is 1.71. The van der Waals surface area contributed by atoms with Crippen molar-refractivity contribution in [3.05, 3.63) is 58.3 Å². The highest BCUT2D eigenvalue weighted by Crippen LogP contribution is 2.18. The highest BCUT2D eigenvalue weighted by molar-refractivity contribution is 7.09. The molecule has 0 saturated heterocycles. The Hall–Kier alpha value is -2.61. The molecule has 0 spiro atoms. The Morgan fingerprint density at radius 2 is 2.18 bits per heavy atom. The Bertz CT molecular complexity index is 740. The van der Waals surface area contributed by atoms with Crippen LogP contribution in [0.25, 0.3) is 0 Å². The summed E-state index contributed by atoms with van der Waals surface area (Å²) in [5.74, 6) is 0.412. The molecule has 0 saturated carbocycles. The molecule has 1 atom stereocenters. The van der Waals surface area contributed by atoms with Gasteiger partial charge in [-0.3, -0.25) is 4.79 Å². The highest BCUT2D eigenvalue weighted by Gasteiger charge is 2.25. The molecule has 1 amide bonds. The Morgan fingerprint density at radius 1 is 1.36 bits per heavy atom. The van der Waals surface area contributed by atoms with Gasteiger partial charge in [0.2, 0.25) is 5.91 Å². The lowest BCUT2D eigenvalue weighted by Crippen LogP contribution is -2.34. The quantitative estimate of drug-likeness (QED) is 0.768. The van der Waals surface area contributed by atoms with Crippen LogP contribution in [0.2, 0.25) is 0 Å². The molecule has 0 aliphatic carbocycles. The van der Waals surface area contributed by atoms with Crippen molar-refractivity contribution in [2.45, 2.75) is 19.5 Å². The molecule has 7 nitrogen and oxygen atoms in total. The Balaban J connectivity index is 1.85. The van der Waals surface area contributed by atoms with Gasteiger partial charge in [0, 0.05) is 11.6 Å². The lowest BCUT2D eigenvalue weighted by atomic mass is 10.1. The number of aromatic nitrogens is 5. The SMILES string of the molecule is Cc1nnnn1[C@@H](C(=O)NCc1nccs1)c1ccccc1. The van der Waals surface area contributed by atoms with Crippen LogP contribution in [0.1, 0.15) is 22.4 Å². The van der Waals surface area contributed by atoms with E-state index in [1.807, 2.05) is 35.7 Å². The van der Waals surface area contributed by atoms with Crippen molar-refractivity contribution < 1.29 is 4.79 Å². The van der Waals surface area contributed by atoms with Gasteiger partial charge in [-0.25, -0.2) is 9.67 Å². The molecule has 3 aromatic rings. The van der Waals surface area contributed by atoms with E-state index in [1.54, 1.807) is 13.1 Å². The molecule has 0 fully saturated rings. The van der Waals surface area contributed by atoms with Gasteiger partial charge in [0.05, 0.1) is 6.54 Å².